The van der Waals surface area contributed by atoms with Crippen LogP contribution >= 0.6 is 0 Å². The summed E-state index contributed by atoms with van der Waals surface area (Å²) in [5.41, 5.74) is 0. The van der Waals surface area contributed by atoms with Crippen molar-refractivity contribution in [1.29, 1.82) is 0 Å². The Morgan fingerprint density at radius 2 is 1.78 bits per heavy atom. The van der Waals surface area contributed by atoms with E-state index in [1.807, 2.05) is 0 Å². The number of sulfone groups is 1. The third kappa shape index (κ3) is 4.88. The lowest BCUT2D eigenvalue weighted by atomic mass is 10.2. The van der Waals surface area contributed by atoms with Gasteiger partial charge < -0.3 is 10.1 Å². The van der Waals surface area contributed by atoms with E-state index < -0.39 is 14.8 Å². The maximum atomic E-state index is 12.1. The molecule has 0 fully saturated rings. The molecule has 0 aliphatic rings. The Morgan fingerprint density at radius 3 is 2.48 bits per heavy atom. The van der Waals surface area contributed by atoms with Gasteiger partial charge in [0.05, 0.1) is 17.2 Å². The highest BCUT2D eigenvalue weighted by molar-refractivity contribution is 7.91. The Morgan fingerprint density at radius 1 is 1.09 bits per heavy atom. The summed E-state index contributed by atoms with van der Waals surface area (Å²) in [6, 6.07) is 8.42. The van der Waals surface area contributed by atoms with E-state index in [1.54, 1.807) is 36.5 Å². The van der Waals surface area contributed by atoms with E-state index in [4.69, 9.17) is 0 Å². The molecule has 8 heteroatoms. The summed E-state index contributed by atoms with van der Waals surface area (Å²) < 4.78 is 25.7. The van der Waals surface area contributed by atoms with Gasteiger partial charge in [0.2, 0.25) is 0 Å². The number of benzene rings is 1. The first kappa shape index (κ1) is 17.1. The molecule has 0 spiro atoms. The zero-order valence-corrected chi connectivity index (χ0v) is 13.5. The summed E-state index contributed by atoms with van der Waals surface area (Å²) in [6.07, 6.45) is 5.92. The zero-order chi connectivity index (χ0) is 16.7. The van der Waals surface area contributed by atoms with Crippen LogP contribution in [0.4, 0.5) is 5.95 Å². The maximum Gasteiger partial charge on any atom is 0.434 e. The van der Waals surface area contributed by atoms with E-state index in [2.05, 4.69) is 4.98 Å². The summed E-state index contributed by atoms with van der Waals surface area (Å²) in [7, 11) is -3.21. The second-order valence-corrected chi connectivity index (χ2v) is 7.33. The smallest absolute Gasteiger partial charge is 0.390 e. The molecule has 124 valence electrons. The molecule has 0 N–H and O–H groups in total. The van der Waals surface area contributed by atoms with Gasteiger partial charge in [0.15, 0.2) is 9.84 Å². The van der Waals surface area contributed by atoms with Crippen LogP contribution in [-0.2, 0) is 16.4 Å². The molecule has 2 aromatic rings. The van der Waals surface area contributed by atoms with Gasteiger partial charge in [-0.1, -0.05) is 36.0 Å². The first-order valence-electron chi connectivity index (χ1n) is 7.44. The van der Waals surface area contributed by atoms with E-state index in [0.29, 0.717) is 17.9 Å². The van der Waals surface area contributed by atoms with Crippen LogP contribution in [0, 0.1) is 10.1 Å². The van der Waals surface area contributed by atoms with Gasteiger partial charge in [0, 0.05) is 0 Å². The van der Waals surface area contributed by atoms with Crippen molar-refractivity contribution in [1.82, 2.24) is 9.55 Å². The van der Waals surface area contributed by atoms with Crippen LogP contribution in [0.5, 0.6) is 0 Å². The van der Waals surface area contributed by atoms with Crippen LogP contribution in [-0.4, -0.2) is 28.6 Å². The van der Waals surface area contributed by atoms with Crippen LogP contribution in [0.1, 0.15) is 25.7 Å². The number of unbranched alkanes of at least 4 members (excludes halogenated alkanes) is 3. The van der Waals surface area contributed by atoms with Gasteiger partial charge >= 0.3 is 5.95 Å². The van der Waals surface area contributed by atoms with E-state index >= 15 is 0 Å². The van der Waals surface area contributed by atoms with E-state index in [9.17, 15) is 18.5 Å². The Balaban J connectivity index is 1.70. The molecule has 0 atom stereocenters. The van der Waals surface area contributed by atoms with Crippen LogP contribution in [0.25, 0.3) is 0 Å². The number of nitrogens with zero attached hydrogens (tertiary/aromatic N) is 3. The summed E-state index contributed by atoms with van der Waals surface area (Å²) in [5.74, 6) is -0.0287. The number of aryl methyl sites for hydroxylation is 1. The number of rotatable bonds is 9. The average molecular weight is 337 g/mol. The molecule has 0 saturated heterocycles. The lowest BCUT2D eigenvalue weighted by Crippen LogP contribution is -2.07. The second-order valence-electron chi connectivity index (χ2n) is 5.22. The van der Waals surface area contributed by atoms with E-state index in [0.717, 1.165) is 19.3 Å². The number of aromatic nitrogens is 2. The Kier molecular flexibility index (Phi) is 5.86. The number of hydrogen-bond donors (Lipinski definition) is 0. The lowest BCUT2D eigenvalue weighted by molar-refractivity contribution is -0.396. The average Bonchev–Trinajstić information content (AvgIpc) is 3.00. The zero-order valence-electron chi connectivity index (χ0n) is 12.7. The molecule has 1 heterocycles. The predicted octanol–water partition coefficient (Wildman–Crippen LogP) is 2.83. The van der Waals surface area contributed by atoms with E-state index in [1.165, 1.54) is 10.8 Å². The summed E-state index contributed by atoms with van der Waals surface area (Å²) in [6.45, 7) is 0.516. The van der Waals surface area contributed by atoms with Crippen LogP contribution < -0.4 is 0 Å². The standard InChI is InChI=1S/C15H19N3O4S/c19-18(20)15-16-10-12-17(15)11-6-1-2-7-13-23(21,22)14-8-4-3-5-9-14/h3-5,8-10,12H,1-2,6-7,11,13H2. The van der Waals surface area contributed by atoms with Crippen molar-refractivity contribution < 1.29 is 13.3 Å². The van der Waals surface area contributed by atoms with Crippen molar-refractivity contribution in [3.63, 3.8) is 0 Å². The molecule has 1 aromatic heterocycles. The first-order chi connectivity index (χ1) is 11.0. The first-order valence-corrected chi connectivity index (χ1v) is 9.09. The number of nitro groups is 1. The van der Waals surface area contributed by atoms with Crippen LogP contribution in [0.15, 0.2) is 47.6 Å². The summed E-state index contributed by atoms with van der Waals surface area (Å²) >= 11 is 0. The fraction of sp³-hybridized carbons (Fsp3) is 0.400. The third-order valence-electron chi connectivity index (χ3n) is 3.52. The van der Waals surface area contributed by atoms with Gasteiger partial charge in [-0.05, 0) is 29.9 Å². The van der Waals surface area contributed by atoms with E-state index in [-0.39, 0.29) is 11.7 Å². The fourth-order valence-corrected chi connectivity index (χ4v) is 3.71. The molecule has 1 aromatic carbocycles. The minimum Gasteiger partial charge on any atom is -0.390 e. The maximum absolute atomic E-state index is 12.1. The van der Waals surface area contributed by atoms with Crippen molar-refractivity contribution in [2.24, 2.45) is 0 Å². The van der Waals surface area contributed by atoms with Crippen molar-refractivity contribution in [2.45, 2.75) is 37.1 Å². The molecular formula is C15H19N3O4S. The minimum absolute atomic E-state index is 0.127. The molecule has 0 unspecified atom stereocenters. The molecule has 0 radical (unpaired) electrons. The van der Waals surface area contributed by atoms with Gasteiger partial charge in [-0.3, -0.25) is 0 Å². The third-order valence-corrected chi connectivity index (χ3v) is 5.34. The quantitative estimate of drug-likeness (QED) is 0.398. The molecule has 23 heavy (non-hydrogen) atoms. The molecule has 2 rings (SSSR count). The molecule has 7 nitrogen and oxygen atoms in total. The monoisotopic (exact) mass is 337 g/mol. The normalized spacial score (nSPS) is 11.5. The highest BCUT2D eigenvalue weighted by atomic mass is 32.2. The predicted molar refractivity (Wildman–Crippen MR) is 85.8 cm³/mol. The Bertz CT molecular complexity index is 741. The van der Waals surface area contributed by atoms with Crippen molar-refractivity contribution in [3.05, 3.63) is 52.8 Å². The van der Waals surface area contributed by atoms with Crippen LogP contribution in [0.3, 0.4) is 0 Å². The number of imidazole rings is 1. The topological polar surface area (TPSA) is 95.1 Å². The SMILES string of the molecule is O=[N+]([O-])c1nccn1CCCCCCS(=O)(=O)c1ccccc1. The molecular weight excluding hydrogens is 318 g/mol. The largest absolute Gasteiger partial charge is 0.434 e. The molecule has 0 aliphatic heterocycles. The van der Waals surface area contributed by atoms with Gasteiger partial charge in [0.25, 0.3) is 0 Å². The van der Waals surface area contributed by atoms with Crippen LogP contribution in [0.2, 0.25) is 0 Å². The lowest BCUT2D eigenvalue weighted by Gasteiger charge is -2.04. The summed E-state index contributed by atoms with van der Waals surface area (Å²) in [5, 5.41) is 10.7. The van der Waals surface area contributed by atoms with Crippen molar-refractivity contribution >= 4 is 15.8 Å². The van der Waals surface area contributed by atoms with Gasteiger partial charge in [-0.25, -0.2) is 13.0 Å². The summed E-state index contributed by atoms with van der Waals surface area (Å²) in [4.78, 5) is 14.2. The highest BCUT2D eigenvalue weighted by Gasteiger charge is 2.14. The minimum atomic E-state index is -3.21. The number of hydrogen-bond acceptors (Lipinski definition) is 5. The fourth-order valence-electron chi connectivity index (χ4n) is 2.32. The van der Waals surface area contributed by atoms with Gasteiger partial charge in [-0.15, -0.1) is 0 Å². The molecule has 0 aliphatic carbocycles. The van der Waals surface area contributed by atoms with Gasteiger partial charge in [0.1, 0.15) is 12.4 Å². The van der Waals surface area contributed by atoms with Gasteiger partial charge in [-0.2, -0.15) is 0 Å². The molecule has 0 amide bonds. The van der Waals surface area contributed by atoms with Crippen molar-refractivity contribution in [3.8, 4) is 0 Å². The molecule has 0 saturated carbocycles. The Labute approximate surface area is 135 Å². The van der Waals surface area contributed by atoms with Crippen molar-refractivity contribution in [2.75, 3.05) is 5.75 Å². The highest BCUT2D eigenvalue weighted by Crippen LogP contribution is 2.14. The Hall–Kier alpha value is -2.22. The molecule has 0 bridgehead atoms. The second kappa shape index (κ2) is 7.87.